The Morgan fingerprint density at radius 3 is 2.96 bits per heavy atom. The van der Waals surface area contributed by atoms with Crippen molar-refractivity contribution in [3.63, 3.8) is 0 Å². The van der Waals surface area contributed by atoms with Crippen molar-refractivity contribution in [3.8, 4) is 0 Å². The quantitative estimate of drug-likeness (QED) is 0.524. The molecule has 1 aliphatic rings. The first kappa shape index (κ1) is 18.2. The number of likely N-dealkylation sites (tertiary alicyclic amines) is 1. The minimum absolute atomic E-state index is 0.253. The summed E-state index contributed by atoms with van der Waals surface area (Å²) in [6.07, 6.45) is 5.09. The minimum Gasteiger partial charge on any atom is -0.386 e. The highest BCUT2D eigenvalue weighted by Crippen LogP contribution is 2.20. The van der Waals surface area contributed by atoms with Crippen LogP contribution in [-0.4, -0.2) is 53.0 Å². The van der Waals surface area contributed by atoms with Crippen LogP contribution in [0, 0.1) is 5.92 Å². The first-order valence-corrected chi connectivity index (χ1v) is 8.49. The summed E-state index contributed by atoms with van der Waals surface area (Å²) < 4.78 is 0. The van der Waals surface area contributed by atoms with E-state index in [4.69, 9.17) is 5.73 Å². The second kappa shape index (κ2) is 9.22. The van der Waals surface area contributed by atoms with Crippen LogP contribution in [0.15, 0.2) is 29.5 Å². The number of rotatable bonds is 6. The maximum Gasteiger partial charge on any atom is 0.217 e. The summed E-state index contributed by atoms with van der Waals surface area (Å²) in [5.74, 6) is 0.793. The summed E-state index contributed by atoms with van der Waals surface area (Å²) in [6.45, 7) is 4.71. The number of piperidine rings is 1. The van der Waals surface area contributed by atoms with Gasteiger partial charge in [-0.2, -0.15) is 0 Å². The molecule has 1 saturated heterocycles. The molecule has 2 atom stereocenters. The van der Waals surface area contributed by atoms with Crippen LogP contribution >= 0.6 is 0 Å². The molecule has 1 aromatic rings. The van der Waals surface area contributed by atoms with Crippen LogP contribution in [0.5, 0.6) is 0 Å². The Balaban J connectivity index is 2.00. The van der Waals surface area contributed by atoms with Gasteiger partial charge in [0.05, 0.1) is 12.6 Å². The van der Waals surface area contributed by atoms with Crippen LogP contribution in [0.25, 0.3) is 0 Å². The van der Waals surface area contributed by atoms with E-state index in [1.54, 1.807) is 24.5 Å². The van der Waals surface area contributed by atoms with E-state index in [2.05, 4.69) is 20.2 Å². The standard InChI is InChI=1S/C17H27N5O2/c1-2-20-17(21-11-15(23)14-5-7-19-8-6-14)22-9-3-4-13(12-22)10-16(18)24/h5-8,13,15,23H,2-4,9-12H2,1H3,(H2,18,24)(H,20,21). The van der Waals surface area contributed by atoms with Crippen LogP contribution in [-0.2, 0) is 4.79 Å². The number of hydrogen-bond acceptors (Lipinski definition) is 4. The van der Waals surface area contributed by atoms with E-state index in [9.17, 15) is 9.90 Å². The molecule has 0 bridgehead atoms. The molecule has 1 aliphatic heterocycles. The van der Waals surface area contributed by atoms with Crippen molar-refractivity contribution in [2.75, 3.05) is 26.2 Å². The molecule has 0 aliphatic carbocycles. The lowest BCUT2D eigenvalue weighted by molar-refractivity contribution is -0.119. The number of aromatic nitrogens is 1. The molecule has 1 amide bonds. The zero-order valence-corrected chi connectivity index (χ0v) is 14.2. The number of amides is 1. The average Bonchev–Trinajstić information content (AvgIpc) is 2.58. The first-order chi connectivity index (χ1) is 11.6. The Morgan fingerprint density at radius 1 is 1.54 bits per heavy atom. The monoisotopic (exact) mass is 333 g/mol. The fourth-order valence-electron chi connectivity index (χ4n) is 3.00. The molecule has 7 heteroatoms. The number of guanidine groups is 1. The van der Waals surface area contributed by atoms with Gasteiger partial charge in [0.25, 0.3) is 0 Å². The number of hydrogen-bond donors (Lipinski definition) is 3. The van der Waals surface area contributed by atoms with E-state index >= 15 is 0 Å². The number of carbonyl (C=O) groups excluding carboxylic acids is 1. The second-order valence-corrected chi connectivity index (χ2v) is 6.12. The number of nitrogens with one attached hydrogen (secondary N) is 1. The molecule has 0 aromatic carbocycles. The highest BCUT2D eigenvalue weighted by atomic mass is 16.3. The number of primary amides is 1. The minimum atomic E-state index is -0.659. The van der Waals surface area contributed by atoms with Crippen molar-refractivity contribution in [2.45, 2.75) is 32.3 Å². The van der Waals surface area contributed by atoms with Gasteiger partial charge in [-0.25, -0.2) is 0 Å². The Hall–Kier alpha value is -2.15. The Bertz CT molecular complexity index is 549. The molecule has 0 saturated carbocycles. The van der Waals surface area contributed by atoms with Crippen molar-refractivity contribution < 1.29 is 9.90 Å². The van der Waals surface area contributed by atoms with Gasteiger partial charge in [-0.3, -0.25) is 14.8 Å². The van der Waals surface area contributed by atoms with E-state index in [0.29, 0.717) is 6.42 Å². The summed E-state index contributed by atoms with van der Waals surface area (Å²) in [5, 5.41) is 13.5. The van der Waals surface area contributed by atoms with Crippen molar-refractivity contribution in [2.24, 2.45) is 16.6 Å². The molecule has 1 fully saturated rings. The SMILES string of the molecule is CCNC(=NCC(O)c1ccncc1)N1CCCC(CC(N)=O)C1. The van der Waals surface area contributed by atoms with Crippen LogP contribution < -0.4 is 11.1 Å². The van der Waals surface area contributed by atoms with Gasteiger partial charge < -0.3 is 21.1 Å². The predicted molar refractivity (Wildman–Crippen MR) is 93.3 cm³/mol. The molecule has 2 rings (SSSR count). The number of nitrogens with zero attached hydrogens (tertiary/aromatic N) is 3. The zero-order valence-electron chi connectivity index (χ0n) is 14.2. The molecule has 4 N–H and O–H groups in total. The second-order valence-electron chi connectivity index (χ2n) is 6.12. The molecular weight excluding hydrogens is 306 g/mol. The Labute approximate surface area is 143 Å². The van der Waals surface area contributed by atoms with Gasteiger partial charge in [-0.15, -0.1) is 0 Å². The van der Waals surface area contributed by atoms with Gasteiger partial charge in [0.2, 0.25) is 5.91 Å². The zero-order chi connectivity index (χ0) is 17.4. The van der Waals surface area contributed by atoms with Crippen LogP contribution in [0.2, 0.25) is 0 Å². The van der Waals surface area contributed by atoms with Crippen molar-refractivity contribution in [1.29, 1.82) is 0 Å². The lowest BCUT2D eigenvalue weighted by atomic mass is 9.95. The summed E-state index contributed by atoms with van der Waals surface area (Å²) in [7, 11) is 0. The molecule has 7 nitrogen and oxygen atoms in total. The fourth-order valence-corrected chi connectivity index (χ4v) is 3.00. The third-order valence-electron chi connectivity index (χ3n) is 4.15. The van der Waals surface area contributed by atoms with Crippen LogP contribution in [0.1, 0.15) is 37.9 Å². The maximum absolute atomic E-state index is 11.2. The molecule has 2 heterocycles. The fraction of sp³-hybridized carbons (Fsp3) is 0.588. The normalized spacial score (nSPS) is 19.8. The van der Waals surface area contributed by atoms with Crippen molar-refractivity contribution in [3.05, 3.63) is 30.1 Å². The lowest BCUT2D eigenvalue weighted by Crippen LogP contribution is -2.47. The maximum atomic E-state index is 11.2. The van der Waals surface area contributed by atoms with Gasteiger partial charge in [0.1, 0.15) is 0 Å². The summed E-state index contributed by atoms with van der Waals surface area (Å²) in [4.78, 5) is 21.8. The van der Waals surface area contributed by atoms with Crippen LogP contribution in [0.3, 0.4) is 0 Å². The van der Waals surface area contributed by atoms with E-state index in [1.807, 2.05) is 6.92 Å². The molecule has 132 valence electrons. The lowest BCUT2D eigenvalue weighted by Gasteiger charge is -2.34. The summed E-state index contributed by atoms with van der Waals surface area (Å²) in [5.41, 5.74) is 6.13. The number of carbonyl (C=O) groups is 1. The molecule has 24 heavy (non-hydrogen) atoms. The highest BCUT2D eigenvalue weighted by molar-refractivity contribution is 5.80. The molecular formula is C17H27N5O2. The van der Waals surface area contributed by atoms with E-state index < -0.39 is 6.10 Å². The van der Waals surface area contributed by atoms with Gasteiger partial charge in [0, 0.05) is 38.4 Å². The van der Waals surface area contributed by atoms with Crippen LogP contribution in [0.4, 0.5) is 0 Å². The first-order valence-electron chi connectivity index (χ1n) is 8.49. The largest absolute Gasteiger partial charge is 0.386 e. The third-order valence-corrected chi connectivity index (χ3v) is 4.15. The van der Waals surface area contributed by atoms with Gasteiger partial charge in [-0.1, -0.05) is 0 Å². The summed E-state index contributed by atoms with van der Waals surface area (Å²) in [6, 6.07) is 3.58. The number of pyridine rings is 1. The van der Waals surface area contributed by atoms with Crippen molar-refractivity contribution >= 4 is 11.9 Å². The van der Waals surface area contributed by atoms with Crippen molar-refractivity contribution in [1.82, 2.24) is 15.2 Å². The predicted octanol–water partition coefficient (Wildman–Crippen LogP) is 0.668. The third kappa shape index (κ3) is 5.49. The molecule has 0 spiro atoms. The highest BCUT2D eigenvalue weighted by Gasteiger charge is 2.23. The van der Waals surface area contributed by atoms with Gasteiger partial charge in [-0.05, 0) is 43.4 Å². The number of aliphatic hydroxyl groups excluding tert-OH is 1. The number of nitrogens with two attached hydrogens (primary N) is 1. The Kier molecular flexibility index (Phi) is 6.99. The number of aliphatic imine (C=N–C) groups is 1. The molecule has 0 radical (unpaired) electrons. The topological polar surface area (TPSA) is 104 Å². The van der Waals surface area contributed by atoms with E-state index in [-0.39, 0.29) is 18.4 Å². The summed E-state index contributed by atoms with van der Waals surface area (Å²) >= 11 is 0. The smallest absolute Gasteiger partial charge is 0.217 e. The Morgan fingerprint density at radius 2 is 2.29 bits per heavy atom. The molecule has 1 aromatic heterocycles. The van der Waals surface area contributed by atoms with Gasteiger partial charge >= 0.3 is 0 Å². The van der Waals surface area contributed by atoms with E-state index in [1.165, 1.54) is 0 Å². The molecule has 2 unspecified atom stereocenters. The number of aliphatic hydroxyl groups is 1. The average molecular weight is 333 g/mol. The van der Waals surface area contributed by atoms with Gasteiger partial charge in [0.15, 0.2) is 5.96 Å². The van der Waals surface area contributed by atoms with E-state index in [0.717, 1.165) is 44.0 Å².